The zero-order valence-corrected chi connectivity index (χ0v) is 20.5. The van der Waals surface area contributed by atoms with Gasteiger partial charge in [0.2, 0.25) is 0 Å². The molecule has 1 heterocycles. The van der Waals surface area contributed by atoms with Crippen LogP contribution in [-0.2, 0) is 6.54 Å². The Morgan fingerprint density at radius 2 is 1.71 bits per heavy atom. The lowest BCUT2D eigenvalue weighted by Gasteiger charge is -2.17. The van der Waals surface area contributed by atoms with Gasteiger partial charge in [0.15, 0.2) is 0 Å². The molecule has 1 unspecified atom stereocenters. The van der Waals surface area contributed by atoms with Crippen LogP contribution in [0, 0.1) is 20.8 Å². The molecule has 0 saturated carbocycles. The maximum atomic E-state index is 12.8. The highest BCUT2D eigenvalue weighted by Gasteiger charge is 2.19. The van der Waals surface area contributed by atoms with Crippen molar-refractivity contribution in [1.82, 2.24) is 14.9 Å². The Morgan fingerprint density at radius 3 is 2.47 bits per heavy atom. The fourth-order valence-corrected chi connectivity index (χ4v) is 4.37. The minimum Gasteiger partial charge on any atom is -0.494 e. The number of carbonyl (C=O) groups is 1. The van der Waals surface area contributed by atoms with Gasteiger partial charge >= 0.3 is 0 Å². The van der Waals surface area contributed by atoms with Crippen molar-refractivity contribution >= 4 is 16.9 Å². The smallest absolute Gasteiger partial charge is 0.251 e. The summed E-state index contributed by atoms with van der Waals surface area (Å²) in [7, 11) is 0. The highest BCUT2D eigenvalue weighted by molar-refractivity contribution is 5.94. The molecule has 0 fully saturated rings. The monoisotopic (exact) mass is 455 g/mol. The van der Waals surface area contributed by atoms with Crippen molar-refractivity contribution < 1.29 is 9.53 Å². The van der Waals surface area contributed by atoms with Gasteiger partial charge in [-0.1, -0.05) is 35.9 Å². The molecule has 0 radical (unpaired) electrons. The summed E-state index contributed by atoms with van der Waals surface area (Å²) < 4.78 is 8.21. The van der Waals surface area contributed by atoms with Crippen molar-refractivity contribution in [2.24, 2.45) is 0 Å². The number of benzene rings is 3. The van der Waals surface area contributed by atoms with Gasteiger partial charge in [-0.2, -0.15) is 0 Å². The van der Waals surface area contributed by atoms with Crippen LogP contribution < -0.4 is 10.1 Å². The van der Waals surface area contributed by atoms with Crippen LogP contribution in [0.4, 0.5) is 0 Å². The van der Waals surface area contributed by atoms with E-state index in [0.29, 0.717) is 12.2 Å². The molecular weight excluding hydrogens is 422 g/mol. The Kier molecular flexibility index (Phi) is 7.31. The van der Waals surface area contributed by atoms with E-state index in [1.165, 1.54) is 11.1 Å². The van der Waals surface area contributed by atoms with Gasteiger partial charge in [-0.3, -0.25) is 4.79 Å². The van der Waals surface area contributed by atoms with E-state index in [2.05, 4.69) is 48.0 Å². The van der Waals surface area contributed by atoms with Crippen molar-refractivity contribution in [2.75, 3.05) is 6.61 Å². The number of amides is 1. The Labute approximate surface area is 201 Å². The van der Waals surface area contributed by atoms with E-state index in [0.717, 1.165) is 47.6 Å². The molecule has 176 valence electrons. The van der Waals surface area contributed by atoms with Gasteiger partial charge in [0.1, 0.15) is 11.6 Å². The minimum absolute atomic E-state index is 0.0864. The molecule has 5 nitrogen and oxygen atoms in total. The molecule has 1 atom stereocenters. The first-order chi connectivity index (χ1) is 16.4. The van der Waals surface area contributed by atoms with Gasteiger partial charge in [-0.15, -0.1) is 0 Å². The zero-order chi connectivity index (χ0) is 24.1. The Bertz CT molecular complexity index is 1270. The quantitative estimate of drug-likeness (QED) is 0.301. The molecule has 0 aliphatic heterocycles. The molecule has 3 aromatic carbocycles. The average molecular weight is 456 g/mol. The number of aryl methyl sites for hydroxylation is 4. The highest BCUT2D eigenvalue weighted by atomic mass is 16.5. The van der Waals surface area contributed by atoms with Crippen LogP contribution in [0.15, 0.2) is 66.7 Å². The topological polar surface area (TPSA) is 56.1 Å². The highest BCUT2D eigenvalue weighted by Crippen LogP contribution is 2.22. The molecule has 1 aromatic heterocycles. The van der Waals surface area contributed by atoms with Crippen LogP contribution in [0.3, 0.4) is 0 Å². The number of nitrogens with one attached hydrogen (secondary N) is 1. The minimum atomic E-state index is -0.216. The fraction of sp³-hybridized carbons (Fsp3) is 0.310. The number of hydrogen-bond donors (Lipinski definition) is 1. The molecule has 5 heteroatoms. The number of nitrogens with zero attached hydrogens (tertiary/aromatic N) is 2. The average Bonchev–Trinajstić information content (AvgIpc) is 3.17. The molecular formula is C29H33N3O2. The summed E-state index contributed by atoms with van der Waals surface area (Å²) in [4.78, 5) is 17.7. The number of carbonyl (C=O) groups excluding carboxylic acids is 1. The lowest BCUT2D eigenvalue weighted by atomic mass is 10.1. The van der Waals surface area contributed by atoms with Crippen molar-refractivity contribution in [3.8, 4) is 5.75 Å². The second-order valence-electron chi connectivity index (χ2n) is 9.05. The maximum absolute atomic E-state index is 12.8. The van der Waals surface area contributed by atoms with Crippen LogP contribution in [0.2, 0.25) is 0 Å². The van der Waals surface area contributed by atoms with E-state index in [9.17, 15) is 4.79 Å². The first-order valence-corrected chi connectivity index (χ1v) is 11.9. The number of unbranched alkanes of at least 4 members (excludes halogenated alkanes) is 1. The predicted octanol–water partition coefficient (Wildman–Crippen LogP) is 6.31. The number of fused-ring (bicyclic) bond motifs is 1. The lowest BCUT2D eigenvalue weighted by Crippen LogP contribution is -2.28. The summed E-state index contributed by atoms with van der Waals surface area (Å²) in [5.41, 5.74) is 6.19. The predicted molar refractivity (Wildman–Crippen MR) is 137 cm³/mol. The summed E-state index contributed by atoms with van der Waals surface area (Å²) in [6, 6.07) is 21.9. The largest absolute Gasteiger partial charge is 0.494 e. The molecule has 4 aromatic rings. The number of rotatable bonds is 9. The van der Waals surface area contributed by atoms with Crippen molar-refractivity contribution in [2.45, 2.75) is 53.1 Å². The van der Waals surface area contributed by atoms with Gasteiger partial charge in [0.05, 0.1) is 23.7 Å². The van der Waals surface area contributed by atoms with Gasteiger partial charge in [-0.25, -0.2) is 4.98 Å². The van der Waals surface area contributed by atoms with Crippen molar-refractivity contribution in [1.29, 1.82) is 0 Å². The summed E-state index contributed by atoms with van der Waals surface area (Å²) in [6.07, 6.45) is 1.89. The van der Waals surface area contributed by atoms with Gasteiger partial charge < -0.3 is 14.6 Å². The molecule has 1 amide bonds. The first kappa shape index (κ1) is 23.6. The molecule has 0 aliphatic carbocycles. The number of imidazole rings is 1. The van der Waals surface area contributed by atoms with Crippen LogP contribution in [0.5, 0.6) is 5.75 Å². The molecule has 0 bridgehead atoms. The summed E-state index contributed by atoms with van der Waals surface area (Å²) in [5, 5.41) is 3.13. The second kappa shape index (κ2) is 10.6. The van der Waals surface area contributed by atoms with E-state index in [4.69, 9.17) is 9.72 Å². The Hall–Kier alpha value is -3.60. The summed E-state index contributed by atoms with van der Waals surface area (Å²) in [6.45, 7) is 9.65. The third-order valence-electron chi connectivity index (χ3n) is 5.94. The lowest BCUT2D eigenvalue weighted by molar-refractivity contribution is 0.0937. The van der Waals surface area contributed by atoms with Gasteiger partial charge in [0, 0.05) is 12.1 Å². The third kappa shape index (κ3) is 5.66. The fourth-order valence-electron chi connectivity index (χ4n) is 4.37. The summed E-state index contributed by atoms with van der Waals surface area (Å²) in [5.74, 6) is 1.72. The molecule has 0 spiro atoms. The molecule has 34 heavy (non-hydrogen) atoms. The van der Waals surface area contributed by atoms with E-state index >= 15 is 0 Å². The zero-order valence-electron chi connectivity index (χ0n) is 20.5. The second-order valence-corrected chi connectivity index (χ2v) is 9.05. The third-order valence-corrected chi connectivity index (χ3v) is 5.94. The number of aromatic nitrogens is 2. The van der Waals surface area contributed by atoms with Crippen LogP contribution in [0.1, 0.15) is 58.7 Å². The number of hydrogen-bond acceptors (Lipinski definition) is 3. The standard InChI is InChI=1S/C29H33N3O2/c1-20-10-9-11-24(17-20)29(33)30-23(4)28-31-26-12-5-6-13-27(26)32(28)14-7-8-15-34-25-18-21(2)16-22(3)19-25/h5-6,9-13,16-19,23H,7-8,14-15H2,1-4H3,(H,30,33). The number of para-hydroxylation sites is 2. The molecule has 0 aliphatic rings. The van der Waals surface area contributed by atoms with E-state index in [1.807, 2.05) is 56.3 Å². The van der Waals surface area contributed by atoms with Crippen LogP contribution in [-0.4, -0.2) is 22.1 Å². The normalized spacial score (nSPS) is 12.0. The SMILES string of the molecule is Cc1cc(C)cc(OCCCCn2c(C(C)NC(=O)c3cccc(C)c3)nc3ccccc32)c1. The van der Waals surface area contributed by atoms with E-state index < -0.39 is 0 Å². The molecule has 4 rings (SSSR count). The van der Waals surface area contributed by atoms with Crippen LogP contribution >= 0.6 is 0 Å². The first-order valence-electron chi connectivity index (χ1n) is 11.9. The van der Waals surface area contributed by atoms with Gasteiger partial charge in [0.25, 0.3) is 5.91 Å². The Morgan fingerprint density at radius 1 is 0.941 bits per heavy atom. The molecule has 0 saturated heterocycles. The van der Waals surface area contributed by atoms with Gasteiger partial charge in [-0.05, 0) is 88.1 Å². The van der Waals surface area contributed by atoms with E-state index in [-0.39, 0.29) is 11.9 Å². The van der Waals surface area contributed by atoms with E-state index in [1.54, 1.807) is 0 Å². The Balaban J connectivity index is 1.42. The molecule has 1 N–H and O–H groups in total. The maximum Gasteiger partial charge on any atom is 0.251 e. The van der Waals surface area contributed by atoms with Crippen molar-refractivity contribution in [3.05, 3.63) is 94.8 Å². The summed E-state index contributed by atoms with van der Waals surface area (Å²) >= 11 is 0. The number of ether oxygens (including phenoxy) is 1. The van der Waals surface area contributed by atoms with Crippen molar-refractivity contribution in [3.63, 3.8) is 0 Å². The van der Waals surface area contributed by atoms with Crippen LogP contribution in [0.25, 0.3) is 11.0 Å².